The summed E-state index contributed by atoms with van der Waals surface area (Å²) >= 11 is 0. The standard InChI is InChI=1S/C10H18O3/c1-9(2)6-7-11-8-12-13-10-4-3-5-10/h6-7,9-10H,3-5,8H2,1-2H3. The predicted molar refractivity (Wildman–Crippen MR) is 49.7 cm³/mol. The van der Waals surface area contributed by atoms with Crippen LogP contribution in [0.2, 0.25) is 0 Å². The van der Waals surface area contributed by atoms with Crippen molar-refractivity contribution >= 4 is 0 Å². The molecular formula is C10H18O3. The molecular weight excluding hydrogens is 168 g/mol. The van der Waals surface area contributed by atoms with Gasteiger partial charge in [-0.05, 0) is 31.3 Å². The van der Waals surface area contributed by atoms with E-state index in [1.165, 1.54) is 6.42 Å². The first kappa shape index (κ1) is 10.5. The van der Waals surface area contributed by atoms with E-state index in [1.54, 1.807) is 6.26 Å². The second-order valence-corrected chi connectivity index (χ2v) is 3.62. The summed E-state index contributed by atoms with van der Waals surface area (Å²) in [6.45, 7) is 4.36. The lowest BCUT2D eigenvalue weighted by Crippen LogP contribution is -2.21. The minimum absolute atomic E-state index is 0.180. The Morgan fingerprint density at radius 1 is 1.38 bits per heavy atom. The van der Waals surface area contributed by atoms with Crippen LogP contribution in [0.5, 0.6) is 0 Å². The lowest BCUT2D eigenvalue weighted by Gasteiger charge is -2.23. The molecule has 0 heterocycles. The summed E-state index contributed by atoms with van der Waals surface area (Å²) in [7, 11) is 0. The van der Waals surface area contributed by atoms with E-state index >= 15 is 0 Å². The summed E-state index contributed by atoms with van der Waals surface area (Å²) in [6.07, 6.45) is 7.39. The highest BCUT2D eigenvalue weighted by atomic mass is 17.2. The van der Waals surface area contributed by atoms with Crippen molar-refractivity contribution in [3.05, 3.63) is 12.3 Å². The minimum atomic E-state index is 0.180. The van der Waals surface area contributed by atoms with Gasteiger partial charge in [0.25, 0.3) is 0 Å². The number of hydrogen-bond donors (Lipinski definition) is 0. The van der Waals surface area contributed by atoms with Gasteiger partial charge in [-0.1, -0.05) is 13.8 Å². The molecule has 0 radical (unpaired) electrons. The van der Waals surface area contributed by atoms with Crippen LogP contribution in [0.4, 0.5) is 0 Å². The molecule has 0 amide bonds. The lowest BCUT2D eigenvalue weighted by molar-refractivity contribution is -0.364. The smallest absolute Gasteiger partial charge is 0.220 e. The van der Waals surface area contributed by atoms with Crippen LogP contribution >= 0.6 is 0 Å². The zero-order valence-corrected chi connectivity index (χ0v) is 8.36. The largest absolute Gasteiger partial charge is 0.473 e. The average Bonchev–Trinajstić information content (AvgIpc) is 1.99. The van der Waals surface area contributed by atoms with Gasteiger partial charge in [0.15, 0.2) is 0 Å². The van der Waals surface area contributed by atoms with Gasteiger partial charge >= 0.3 is 0 Å². The molecule has 0 N–H and O–H groups in total. The molecule has 76 valence electrons. The maximum Gasteiger partial charge on any atom is 0.220 e. The summed E-state index contributed by atoms with van der Waals surface area (Å²) in [4.78, 5) is 9.87. The van der Waals surface area contributed by atoms with E-state index in [0.717, 1.165) is 12.8 Å². The van der Waals surface area contributed by atoms with Crippen molar-refractivity contribution in [1.29, 1.82) is 0 Å². The second-order valence-electron chi connectivity index (χ2n) is 3.62. The molecule has 0 spiro atoms. The summed E-state index contributed by atoms with van der Waals surface area (Å²) < 4.78 is 5.04. The van der Waals surface area contributed by atoms with Gasteiger partial charge in [0, 0.05) is 0 Å². The highest BCUT2D eigenvalue weighted by Crippen LogP contribution is 2.21. The minimum Gasteiger partial charge on any atom is -0.473 e. The van der Waals surface area contributed by atoms with Crippen molar-refractivity contribution in [1.82, 2.24) is 0 Å². The Hall–Kier alpha value is -0.540. The molecule has 1 rings (SSSR count). The van der Waals surface area contributed by atoms with Crippen LogP contribution in [0.15, 0.2) is 12.3 Å². The van der Waals surface area contributed by atoms with E-state index in [9.17, 15) is 0 Å². The molecule has 0 aliphatic heterocycles. The predicted octanol–water partition coefficient (Wildman–Crippen LogP) is 2.63. The summed E-state index contributed by atoms with van der Waals surface area (Å²) in [5.74, 6) is 0.507. The zero-order valence-electron chi connectivity index (χ0n) is 8.36. The van der Waals surface area contributed by atoms with E-state index in [1.807, 2.05) is 6.08 Å². The maximum atomic E-state index is 5.04. The van der Waals surface area contributed by atoms with Gasteiger partial charge in [0.1, 0.15) is 0 Å². The molecule has 3 nitrogen and oxygen atoms in total. The summed E-state index contributed by atoms with van der Waals surface area (Å²) in [5.41, 5.74) is 0. The molecule has 13 heavy (non-hydrogen) atoms. The molecule has 1 aliphatic carbocycles. The summed E-state index contributed by atoms with van der Waals surface area (Å²) in [5, 5.41) is 0. The van der Waals surface area contributed by atoms with Crippen LogP contribution in [0.1, 0.15) is 33.1 Å². The van der Waals surface area contributed by atoms with Crippen LogP contribution < -0.4 is 0 Å². The molecule has 0 aromatic carbocycles. The van der Waals surface area contributed by atoms with Crippen LogP contribution in [-0.2, 0) is 14.5 Å². The molecule has 1 fully saturated rings. The number of rotatable bonds is 6. The summed E-state index contributed by atoms with van der Waals surface area (Å²) in [6, 6.07) is 0. The second kappa shape index (κ2) is 6.00. The highest BCUT2D eigenvalue weighted by Gasteiger charge is 2.18. The Balaban J connectivity index is 1.83. The first-order valence-corrected chi connectivity index (χ1v) is 4.85. The van der Waals surface area contributed by atoms with Crippen LogP contribution in [0.3, 0.4) is 0 Å². The fraction of sp³-hybridized carbons (Fsp3) is 0.800. The quantitative estimate of drug-likeness (QED) is 0.210. The SMILES string of the molecule is CC(C)C=COCOOC1CCC1. The molecule has 0 bridgehead atoms. The average molecular weight is 186 g/mol. The molecule has 0 aromatic heterocycles. The van der Waals surface area contributed by atoms with Crippen LogP contribution in [0.25, 0.3) is 0 Å². The topological polar surface area (TPSA) is 27.7 Å². The molecule has 3 heteroatoms. The van der Waals surface area contributed by atoms with E-state index in [0.29, 0.717) is 12.0 Å². The Bertz CT molecular complexity index is 150. The molecule has 0 unspecified atom stereocenters. The third-order valence-corrected chi connectivity index (χ3v) is 1.93. The first-order valence-electron chi connectivity index (χ1n) is 4.85. The van der Waals surface area contributed by atoms with Crippen molar-refractivity contribution in [2.75, 3.05) is 6.79 Å². The number of allylic oxidation sites excluding steroid dienone is 1. The van der Waals surface area contributed by atoms with Gasteiger partial charge in [0.05, 0.1) is 12.4 Å². The van der Waals surface area contributed by atoms with E-state index < -0.39 is 0 Å². The Morgan fingerprint density at radius 2 is 2.15 bits per heavy atom. The Morgan fingerprint density at radius 3 is 2.69 bits per heavy atom. The zero-order chi connectivity index (χ0) is 9.52. The van der Waals surface area contributed by atoms with Gasteiger partial charge in [-0.2, -0.15) is 4.89 Å². The van der Waals surface area contributed by atoms with Crippen LogP contribution in [-0.4, -0.2) is 12.9 Å². The monoisotopic (exact) mass is 186 g/mol. The van der Waals surface area contributed by atoms with Crippen molar-refractivity contribution < 1.29 is 14.5 Å². The van der Waals surface area contributed by atoms with E-state index in [-0.39, 0.29) is 6.79 Å². The van der Waals surface area contributed by atoms with Crippen molar-refractivity contribution in [2.24, 2.45) is 5.92 Å². The number of ether oxygens (including phenoxy) is 1. The van der Waals surface area contributed by atoms with Gasteiger partial charge in [0.2, 0.25) is 6.79 Å². The van der Waals surface area contributed by atoms with Gasteiger partial charge in [-0.3, -0.25) is 0 Å². The third kappa shape index (κ3) is 4.90. The lowest BCUT2D eigenvalue weighted by atomic mass is 9.97. The van der Waals surface area contributed by atoms with Gasteiger partial charge < -0.3 is 4.74 Å². The normalized spacial score (nSPS) is 18.1. The number of hydrogen-bond acceptors (Lipinski definition) is 3. The fourth-order valence-corrected chi connectivity index (χ4v) is 0.871. The first-order chi connectivity index (χ1) is 6.29. The molecule has 1 aliphatic rings. The Labute approximate surface area is 79.6 Å². The molecule has 0 aromatic rings. The fourth-order valence-electron chi connectivity index (χ4n) is 0.871. The highest BCUT2D eigenvalue weighted by molar-refractivity contribution is 4.76. The molecule has 1 saturated carbocycles. The molecule has 0 saturated heterocycles. The van der Waals surface area contributed by atoms with E-state index in [2.05, 4.69) is 13.8 Å². The maximum absolute atomic E-state index is 5.04. The van der Waals surface area contributed by atoms with Crippen molar-refractivity contribution in [3.63, 3.8) is 0 Å². The third-order valence-electron chi connectivity index (χ3n) is 1.93. The van der Waals surface area contributed by atoms with Gasteiger partial charge in [-0.25, -0.2) is 4.89 Å². The Kier molecular flexibility index (Phi) is 4.86. The van der Waals surface area contributed by atoms with Crippen molar-refractivity contribution in [3.8, 4) is 0 Å². The van der Waals surface area contributed by atoms with Crippen molar-refractivity contribution in [2.45, 2.75) is 39.2 Å². The van der Waals surface area contributed by atoms with E-state index in [4.69, 9.17) is 14.5 Å². The van der Waals surface area contributed by atoms with Crippen LogP contribution in [0, 0.1) is 5.92 Å². The van der Waals surface area contributed by atoms with Gasteiger partial charge in [-0.15, -0.1) is 0 Å². The molecule has 0 atom stereocenters.